The van der Waals surface area contributed by atoms with E-state index in [1.807, 2.05) is 6.92 Å². The van der Waals surface area contributed by atoms with Crippen molar-refractivity contribution in [3.05, 3.63) is 16.9 Å². The number of halogens is 1. The topological polar surface area (TPSA) is 47.0 Å². The fraction of sp³-hybridized carbons (Fsp3) is 0.692. The van der Waals surface area contributed by atoms with Crippen molar-refractivity contribution < 1.29 is 4.74 Å². The predicted molar refractivity (Wildman–Crippen MR) is 72.1 cm³/mol. The van der Waals surface area contributed by atoms with Crippen molar-refractivity contribution in [1.82, 2.24) is 15.3 Å². The van der Waals surface area contributed by atoms with E-state index in [1.54, 1.807) is 6.20 Å². The highest BCUT2D eigenvalue weighted by atomic mass is 35.5. The Kier molecular flexibility index (Phi) is 5.20. The summed E-state index contributed by atoms with van der Waals surface area (Å²) in [5.74, 6) is 0. The molecule has 1 aliphatic rings. The molecule has 0 aliphatic carbocycles. The van der Waals surface area contributed by atoms with Crippen LogP contribution in [0.3, 0.4) is 0 Å². The fourth-order valence-corrected chi connectivity index (χ4v) is 2.26. The van der Waals surface area contributed by atoms with Gasteiger partial charge in [-0.25, -0.2) is 4.98 Å². The molecule has 4 nitrogen and oxygen atoms in total. The molecule has 1 saturated heterocycles. The van der Waals surface area contributed by atoms with Gasteiger partial charge < -0.3 is 10.1 Å². The lowest BCUT2D eigenvalue weighted by Crippen LogP contribution is -2.34. The predicted octanol–water partition coefficient (Wildman–Crippen LogP) is 2.74. The average molecular weight is 270 g/mol. The van der Waals surface area contributed by atoms with Crippen LogP contribution in [0.15, 0.2) is 6.20 Å². The Balaban J connectivity index is 1.66. The van der Waals surface area contributed by atoms with Crippen molar-refractivity contribution in [2.24, 2.45) is 0 Å². The van der Waals surface area contributed by atoms with Gasteiger partial charge >= 0.3 is 6.01 Å². The van der Waals surface area contributed by atoms with Gasteiger partial charge in [0.15, 0.2) is 0 Å². The van der Waals surface area contributed by atoms with Gasteiger partial charge in [-0.3, -0.25) is 0 Å². The normalized spacial score (nSPS) is 19.8. The second-order valence-electron chi connectivity index (χ2n) is 4.76. The van der Waals surface area contributed by atoms with E-state index < -0.39 is 0 Å². The average Bonchev–Trinajstić information content (AvgIpc) is 2.40. The summed E-state index contributed by atoms with van der Waals surface area (Å²) in [5.41, 5.74) is 0.871. The van der Waals surface area contributed by atoms with Gasteiger partial charge in [-0.05, 0) is 39.2 Å². The van der Waals surface area contributed by atoms with Crippen molar-refractivity contribution in [3.63, 3.8) is 0 Å². The minimum atomic E-state index is 0.377. The maximum absolute atomic E-state index is 5.91. The monoisotopic (exact) mass is 269 g/mol. The summed E-state index contributed by atoms with van der Waals surface area (Å²) in [6.07, 6.45) is 7.80. The third-order valence-corrected chi connectivity index (χ3v) is 3.61. The highest BCUT2D eigenvalue weighted by Crippen LogP contribution is 2.15. The van der Waals surface area contributed by atoms with E-state index in [9.17, 15) is 0 Å². The lowest BCUT2D eigenvalue weighted by molar-refractivity contribution is 0.267. The van der Waals surface area contributed by atoms with E-state index in [0.29, 0.717) is 23.8 Å². The number of rotatable bonds is 5. The molecule has 0 spiro atoms. The van der Waals surface area contributed by atoms with Gasteiger partial charge in [0, 0.05) is 17.8 Å². The number of nitrogens with zero attached hydrogens (tertiary/aromatic N) is 2. The Hall–Kier alpha value is -0.870. The molecule has 18 heavy (non-hydrogen) atoms. The van der Waals surface area contributed by atoms with E-state index in [1.165, 1.54) is 19.3 Å². The molecule has 1 aromatic rings. The first kappa shape index (κ1) is 13.6. The third-order valence-electron chi connectivity index (χ3n) is 3.23. The van der Waals surface area contributed by atoms with Crippen molar-refractivity contribution in [2.45, 2.75) is 45.1 Å². The first-order chi connectivity index (χ1) is 8.75. The quantitative estimate of drug-likeness (QED) is 0.660. The maximum Gasteiger partial charge on any atom is 0.317 e. The number of hydrogen-bond acceptors (Lipinski definition) is 4. The molecule has 0 aromatic carbocycles. The van der Waals surface area contributed by atoms with Gasteiger partial charge in [0.1, 0.15) is 5.15 Å². The molecule has 2 rings (SSSR count). The van der Waals surface area contributed by atoms with Gasteiger partial charge in [0.05, 0.1) is 6.61 Å². The third kappa shape index (κ3) is 4.10. The maximum atomic E-state index is 5.91. The summed E-state index contributed by atoms with van der Waals surface area (Å²) < 4.78 is 5.50. The molecule has 1 atom stereocenters. The second-order valence-corrected chi connectivity index (χ2v) is 5.12. The fourth-order valence-electron chi connectivity index (χ4n) is 2.14. The summed E-state index contributed by atoms with van der Waals surface area (Å²) in [4.78, 5) is 8.16. The molecule has 1 N–H and O–H groups in total. The van der Waals surface area contributed by atoms with Gasteiger partial charge in [-0.2, -0.15) is 4.98 Å². The number of piperidine rings is 1. The molecular weight excluding hydrogens is 250 g/mol. The second kappa shape index (κ2) is 6.90. The van der Waals surface area contributed by atoms with E-state index in [-0.39, 0.29) is 0 Å². The van der Waals surface area contributed by atoms with Crippen molar-refractivity contribution in [2.75, 3.05) is 13.2 Å². The summed E-state index contributed by atoms with van der Waals surface area (Å²) in [5, 5.41) is 3.99. The van der Waals surface area contributed by atoms with Crippen LogP contribution in [0.4, 0.5) is 0 Å². The zero-order valence-corrected chi connectivity index (χ0v) is 11.5. The number of hydrogen-bond donors (Lipinski definition) is 1. The van der Waals surface area contributed by atoms with Crippen LogP contribution in [0.5, 0.6) is 6.01 Å². The van der Waals surface area contributed by atoms with Crippen LogP contribution in [-0.2, 0) is 0 Å². The molecule has 0 saturated carbocycles. The molecule has 2 heterocycles. The first-order valence-corrected chi connectivity index (χ1v) is 6.99. The minimum Gasteiger partial charge on any atom is -0.463 e. The molecule has 1 aliphatic heterocycles. The molecule has 100 valence electrons. The number of aryl methyl sites for hydroxylation is 1. The van der Waals surface area contributed by atoms with E-state index in [2.05, 4.69) is 15.3 Å². The lowest BCUT2D eigenvalue weighted by Gasteiger charge is -2.23. The molecule has 1 aromatic heterocycles. The van der Waals surface area contributed by atoms with Crippen LogP contribution in [0.1, 0.15) is 37.7 Å². The first-order valence-electron chi connectivity index (χ1n) is 6.61. The Morgan fingerprint density at radius 2 is 2.39 bits per heavy atom. The molecular formula is C13H20ClN3O. The number of aromatic nitrogens is 2. The highest BCUT2D eigenvalue weighted by molar-refractivity contribution is 6.30. The standard InChI is InChI=1S/C13H20ClN3O/c1-10-9-16-13(17-12(10)14)18-8-4-6-11-5-2-3-7-15-11/h9,11,15H,2-8H2,1H3/t11-/m1/s1. The van der Waals surface area contributed by atoms with Crippen LogP contribution < -0.4 is 10.1 Å². The molecule has 0 unspecified atom stereocenters. The number of ether oxygens (including phenoxy) is 1. The Morgan fingerprint density at radius 3 is 3.11 bits per heavy atom. The molecule has 0 bridgehead atoms. The van der Waals surface area contributed by atoms with Gasteiger partial charge in [-0.15, -0.1) is 0 Å². The molecule has 0 radical (unpaired) electrons. The summed E-state index contributed by atoms with van der Waals surface area (Å²) in [6.45, 7) is 3.68. The molecule has 1 fully saturated rings. The zero-order chi connectivity index (χ0) is 12.8. The van der Waals surface area contributed by atoms with Crippen molar-refractivity contribution in [1.29, 1.82) is 0 Å². The summed E-state index contributed by atoms with van der Waals surface area (Å²) in [7, 11) is 0. The van der Waals surface area contributed by atoms with Crippen LogP contribution in [0, 0.1) is 6.92 Å². The van der Waals surface area contributed by atoms with Crippen LogP contribution in [0.2, 0.25) is 5.15 Å². The van der Waals surface area contributed by atoms with Crippen LogP contribution in [-0.4, -0.2) is 29.2 Å². The van der Waals surface area contributed by atoms with E-state index >= 15 is 0 Å². The zero-order valence-electron chi connectivity index (χ0n) is 10.8. The largest absolute Gasteiger partial charge is 0.463 e. The SMILES string of the molecule is Cc1cnc(OCCC[C@H]2CCCCN2)nc1Cl. The highest BCUT2D eigenvalue weighted by Gasteiger charge is 2.11. The van der Waals surface area contributed by atoms with Crippen LogP contribution >= 0.6 is 11.6 Å². The smallest absolute Gasteiger partial charge is 0.317 e. The van der Waals surface area contributed by atoms with Gasteiger partial charge in [-0.1, -0.05) is 18.0 Å². The molecule has 5 heteroatoms. The summed E-state index contributed by atoms with van der Waals surface area (Å²) >= 11 is 5.91. The van der Waals surface area contributed by atoms with Gasteiger partial charge in [0.25, 0.3) is 0 Å². The minimum absolute atomic E-state index is 0.377. The van der Waals surface area contributed by atoms with Gasteiger partial charge in [0.2, 0.25) is 0 Å². The summed E-state index contributed by atoms with van der Waals surface area (Å²) in [6, 6.07) is 1.03. The Bertz CT molecular complexity index is 380. The van der Waals surface area contributed by atoms with Crippen LogP contribution in [0.25, 0.3) is 0 Å². The lowest BCUT2D eigenvalue weighted by atomic mass is 10.0. The van der Waals surface area contributed by atoms with E-state index in [0.717, 1.165) is 24.9 Å². The Labute approximate surface area is 113 Å². The molecule has 0 amide bonds. The number of nitrogens with one attached hydrogen (secondary N) is 1. The van der Waals surface area contributed by atoms with E-state index in [4.69, 9.17) is 16.3 Å². The van der Waals surface area contributed by atoms with Crippen molar-refractivity contribution in [3.8, 4) is 6.01 Å². The van der Waals surface area contributed by atoms with Crippen molar-refractivity contribution >= 4 is 11.6 Å². The Morgan fingerprint density at radius 1 is 1.50 bits per heavy atom.